The highest BCUT2D eigenvalue weighted by Crippen LogP contribution is 2.21. The van der Waals surface area contributed by atoms with E-state index in [1.807, 2.05) is 37.3 Å². The van der Waals surface area contributed by atoms with Crippen molar-refractivity contribution in [3.63, 3.8) is 0 Å². The number of guanidine groups is 1. The van der Waals surface area contributed by atoms with Gasteiger partial charge in [0.2, 0.25) is 0 Å². The molecule has 0 aliphatic carbocycles. The molecule has 0 fully saturated rings. The Labute approximate surface area is 210 Å². The molecule has 9 heteroatoms. The van der Waals surface area contributed by atoms with Crippen LogP contribution in [0.4, 0.5) is 10.2 Å². The predicted octanol–water partition coefficient (Wildman–Crippen LogP) is 3.81. The normalized spacial score (nSPS) is 10.9. The minimum absolute atomic E-state index is 0. The number of nitrogens with two attached hydrogens (primary N) is 1. The first-order chi connectivity index (χ1) is 15.6. The Kier molecular flexibility index (Phi) is 10.6. The van der Waals surface area contributed by atoms with E-state index in [1.54, 1.807) is 16.8 Å². The summed E-state index contributed by atoms with van der Waals surface area (Å²) in [6.07, 6.45) is 2.10. The number of nitriles is 1. The summed E-state index contributed by atoms with van der Waals surface area (Å²) >= 11 is 0. The predicted molar refractivity (Wildman–Crippen MR) is 141 cm³/mol. The lowest BCUT2D eigenvalue weighted by Gasteiger charge is -2.11. The molecule has 0 saturated carbocycles. The fourth-order valence-corrected chi connectivity index (χ4v) is 3.30. The highest BCUT2D eigenvalue weighted by Gasteiger charge is 2.16. The molecule has 0 atom stereocenters. The standard InChI is InChI=1S/C24H28FN7.HI/c1-2-28-24(30-16-14-18-10-12-19(25)13-11-18)29-15-6-9-22-21(17-26)23(27)32(31-22)20-7-4-3-5-8-20;/h3-5,7-8,10-13H,2,6,9,14-16,27H2,1H3,(H2,28,29,30);1H. The zero-order valence-electron chi connectivity index (χ0n) is 18.6. The van der Waals surface area contributed by atoms with Crippen LogP contribution in [0.25, 0.3) is 5.69 Å². The van der Waals surface area contributed by atoms with E-state index in [1.165, 1.54) is 12.1 Å². The summed E-state index contributed by atoms with van der Waals surface area (Å²) in [4.78, 5) is 4.60. The number of aromatic nitrogens is 2. The third-order valence-corrected chi connectivity index (χ3v) is 4.91. The Morgan fingerprint density at radius 2 is 1.85 bits per heavy atom. The molecule has 33 heavy (non-hydrogen) atoms. The van der Waals surface area contributed by atoms with Gasteiger partial charge in [0.25, 0.3) is 0 Å². The SMILES string of the molecule is CCNC(=NCCCc1nn(-c2ccccc2)c(N)c1C#N)NCCc1ccc(F)cc1.I. The van der Waals surface area contributed by atoms with Gasteiger partial charge in [-0.15, -0.1) is 24.0 Å². The van der Waals surface area contributed by atoms with Crippen LogP contribution in [0.1, 0.15) is 30.2 Å². The molecule has 0 bridgehead atoms. The molecule has 4 N–H and O–H groups in total. The van der Waals surface area contributed by atoms with Crippen LogP contribution in [-0.4, -0.2) is 35.4 Å². The first-order valence-corrected chi connectivity index (χ1v) is 10.7. The molecule has 0 unspecified atom stereocenters. The maximum absolute atomic E-state index is 13.0. The van der Waals surface area contributed by atoms with Gasteiger partial charge in [0.15, 0.2) is 5.96 Å². The summed E-state index contributed by atoms with van der Waals surface area (Å²) in [6.45, 7) is 4.03. The summed E-state index contributed by atoms with van der Waals surface area (Å²) in [5.41, 5.74) is 9.14. The van der Waals surface area contributed by atoms with Gasteiger partial charge in [0, 0.05) is 19.6 Å². The molecule has 3 aromatic rings. The van der Waals surface area contributed by atoms with Crippen LogP contribution in [0.5, 0.6) is 0 Å². The monoisotopic (exact) mass is 561 g/mol. The van der Waals surface area contributed by atoms with Gasteiger partial charge in [0.05, 0.1) is 11.4 Å². The van der Waals surface area contributed by atoms with Crippen molar-refractivity contribution in [3.8, 4) is 11.8 Å². The van der Waals surface area contributed by atoms with Crippen LogP contribution in [0.3, 0.4) is 0 Å². The second kappa shape index (κ2) is 13.4. The molecule has 0 aliphatic rings. The number of benzene rings is 2. The number of hydrogen-bond acceptors (Lipinski definition) is 4. The number of para-hydroxylation sites is 1. The summed E-state index contributed by atoms with van der Waals surface area (Å²) in [7, 11) is 0. The maximum Gasteiger partial charge on any atom is 0.191 e. The average Bonchev–Trinajstić information content (AvgIpc) is 3.13. The van der Waals surface area contributed by atoms with E-state index in [0.717, 1.165) is 36.6 Å². The number of nitrogens with one attached hydrogen (secondary N) is 2. The minimum Gasteiger partial charge on any atom is -0.382 e. The number of halogens is 2. The second-order valence-corrected chi connectivity index (χ2v) is 7.23. The first-order valence-electron chi connectivity index (χ1n) is 10.7. The minimum atomic E-state index is -0.230. The number of nitrogens with zero attached hydrogens (tertiary/aromatic N) is 4. The molecule has 7 nitrogen and oxygen atoms in total. The van der Waals surface area contributed by atoms with Gasteiger partial charge >= 0.3 is 0 Å². The third-order valence-electron chi connectivity index (χ3n) is 4.91. The van der Waals surface area contributed by atoms with Gasteiger partial charge < -0.3 is 16.4 Å². The van der Waals surface area contributed by atoms with Crippen LogP contribution in [0.2, 0.25) is 0 Å². The molecule has 0 amide bonds. The van der Waals surface area contributed by atoms with E-state index in [0.29, 0.717) is 36.6 Å². The van der Waals surface area contributed by atoms with Crippen LogP contribution >= 0.6 is 24.0 Å². The Bertz CT molecular complexity index is 1070. The number of aliphatic imine (C=N–C) groups is 1. The van der Waals surface area contributed by atoms with E-state index in [4.69, 9.17) is 5.73 Å². The van der Waals surface area contributed by atoms with Crippen molar-refractivity contribution in [2.24, 2.45) is 4.99 Å². The molecule has 1 aromatic heterocycles. The van der Waals surface area contributed by atoms with E-state index < -0.39 is 0 Å². The largest absolute Gasteiger partial charge is 0.382 e. The Morgan fingerprint density at radius 3 is 2.52 bits per heavy atom. The fraction of sp³-hybridized carbons (Fsp3) is 0.292. The molecule has 0 aliphatic heterocycles. The van der Waals surface area contributed by atoms with Crippen LogP contribution in [0, 0.1) is 17.1 Å². The smallest absolute Gasteiger partial charge is 0.191 e. The quantitative estimate of drug-likeness (QED) is 0.160. The Hall–Kier alpha value is -3.13. The number of aryl methyl sites for hydroxylation is 1. The molecule has 0 spiro atoms. The lowest BCUT2D eigenvalue weighted by Crippen LogP contribution is -2.38. The number of rotatable bonds is 9. The Balaban J connectivity index is 0.00000385. The van der Waals surface area contributed by atoms with Crippen molar-refractivity contribution in [1.29, 1.82) is 5.26 Å². The lowest BCUT2D eigenvalue weighted by atomic mass is 10.1. The topological polar surface area (TPSA) is 104 Å². The molecular formula is C24H29FIN7. The van der Waals surface area contributed by atoms with Gasteiger partial charge in [-0.2, -0.15) is 10.4 Å². The van der Waals surface area contributed by atoms with Crippen molar-refractivity contribution >= 4 is 35.8 Å². The third kappa shape index (κ3) is 7.46. The van der Waals surface area contributed by atoms with E-state index in [-0.39, 0.29) is 29.8 Å². The molecule has 0 saturated heterocycles. The lowest BCUT2D eigenvalue weighted by molar-refractivity contribution is 0.626. The van der Waals surface area contributed by atoms with Gasteiger partial charge in [-0.1, -0.05) is 30.3 Å². The van der Waals surface area contributed by atoms with Crippen molar-refractivity contribution in [3.05, 3.63) is 77.2 Å². The summed E-state index contributed by atoms with van der Waals surface area (Å²) in [5, 5.41) is 20.6. The number of anilines is 1. The highest BCUT2D eigenvalue weighted by molar-refractivity contribution is 14.0. The van der Waals surface area contributed by atoms with E-state index >= 15 is 0 Å². The van der Waals surface area contributed by atoms with Gasteiger partial charge in [-0.05, 0) is 56.0 Å². The highest BCUT2D eigenvalue weighted by atomic mass is 127. The fourth-order valence-electron chi connectivity index (χ4n) is 3.30. The van der Waals surface area contributed by atoms with Crippen molar-refractivity contribution in [2.75, 3.05) is 25.4 Å². The summed E-state index contributed by atoms with van der Waals surface area (Å²) in [5.74, 6) is 0.851. The first kappa shape index (κ1) is 26.1. The van der Waals surface area contributed by atoms with Crippen molar-refractivity contribution in [2.45, 2.75) is 26.2 Å². The molecule has 1 heterocycles. The zero-order valence-corrected chi connectivity index (χ0v) is 20.9. The van der Waals surface area contributed by atoms with Gasteiger partial charge in [0.1, 0.15) is 23.3 Å². The van der Waals surface area contributed by atoms with Crippen molar-refractivity contribution in [1.82, 2.24) is 20.4 Å². The number of hydrogen-bond donors (Lipinski definition) is 3. The molecule has 0 radical (unpaired) electrons. The van der Waals surface area contributed by atoms with Gasteiger partial charge in [-0.3, -0.25) is 4.99 Å². The number of nitrogen functional groups attached to an aromatic ring is 1. The zero-order chi connectivity index (χ0) is 22.8. The Morgan fingerprint density at radius 1 is 1.12 bits per heavy atom. The summed E-state index contributed by atoms with van der Waals surface area (Å²) in [6, 6.07) is 18.2. The summed E-state index contributed by atoms with van der Waals surface area (Å²) < 4.78 is 14.6. The van der Waals surface area contributed by atoms with Crippen LogP contribution in [-0.2, 0) is 12.8 Å². The van der Waals surface area contributed by atoms with Crippen LogP contribution in [0.15, 0.2) is 59.6 Å². The maximum atomic E-state index is 13.0. The van der Waals surface area contributed by atoms with Gasteiger partial charge in [-0.25, -0.2) is 9.07 Å². The average molecular weight is 561 g/mol. The molecular weight excluding hydrogens is 532 g/mol. The van der Waals surface area contributed by atoms with E-state index in [9.17, 15) is 9.65 Å². The molecule has 174 valence electrons. The molecule has 3 rings (SSSR count). The molecule has 2 aromatic carbocycles. The van der Waals surface area contributed by atoms with Crippen LogP contribution < -0.4 is 16.4 Å². The van der Waals surface area contributed by atoms with Crippen molar-refractivity contribution < 1.29 is 4.39 Å². The van der Waals surface area contributed by atoms with E-state index in [2.05, 4.69) is 26.8 Å². The second-order valence-electron chi connectivity index (χ2n) is 7.23.